The lowest BCUT2D eigenvalue weighted by Gasteiger charge is -1.97. The van der Waals surface area contributed by atoms with Gasteiger partial charge in [0.25, 0.3) is 0 Å². The molecule has 0 spiro atoms. The molecule has 0 aromatic carbocycles. The minimum atomic E-state index is 0.812. The van der Waals surface area contributed by atoms with Gasteiger partial charge in [0, 0.05) is 23.2 Å². The largest absolute Gasteiger partial charge is 0.360 e. The summed E-state index contributed by atoms with van der Waals surface area (Å²) in [5, 5.41) is 2.28. The molecule has 3 aromatic rings. The van der Waals surface area contributed by atoms with Crippen LogP contribution in [0.25, 0.3) is 21.9 Å². The maximum Gasteiger partial charge on any atom is 0.159 e. The highest BCUT2D eigenvalue weighted by Gasteiger charge is 2.01. The van der Waals surface area contributed by atoms with E-state index in [0.717, 1.165) is 16.6 Å². The van der Waals surface area contributed by atoms with Gasteiger partial charge < -0.3 is 4.98 Å². The van der Waals surface area contributed by atoms with Crippen molar-refractivity contribution in [3.05, 3.63) is 36.8 Å². The van der Waals surface area contributed by atoms with Gasteiger partial charge in [-0.1, -0.05) is 6.07 Å². The molecule has 3 rings (SSSR count). The highest BCUT2D eigenvalue weighted by molar-refractivity contribution is 6.02. The van der Waals surface area contributed by atoms with E-state index in [1.165, 1.54) is 5.39 Å². The molecule has 0 bridgehead atoms. The van der Waals surface area contributed by atoms with Crippen LogP contribution >= 0.6 is 0 Å². The fraction of sp³-hybridized carbons (Fsp3) is 0. The van der Waals surface area contributed by atoms with Crippen molar-refractivity contribution in [2.45, 2.75) is 0 Å². The summed E-state index contributed by atoms with van der Waals surface area (Å²) in [6.07, 6.45) is 5.49. The van der Waals surface area contributed by atoms with Crippen LogP contribution < -0.4 is 0 Å². The summed E-state index contributed by atoms with van der Waals surface area (Å²) < 4.78 is 0. The minimum absolute atomic E-state index is 0.812. The topological polar surface area (TPSA) is 41.6 Å². The maximum atomic E-state index is 4.23. The Morgan fingerprint density at radius 3 is 3.08 bits per heavy atom. The molecular formula is C10H7N3. The Bertz CT molecular complexity index is 568. The summed E-state index contributed by atoms with van der Waals surface area (Å²) in [5.74, 6) is 0. The van der Waals surface area contributed by atoms with Gasteiger partial charge in [0.2, 0.25) is 0 Å². The Labute approximate surface area is 74.4 Å². The lowest BCUT2D eigenvalue weighted by atomic mass is 10.2. The van der Waals surface area contributed by atoms with Crippen molar-refractivity contribution in [2.24, 2.45) is 0 Å². The molecule has 13 heavy (non-hydrogen) atoms. The van der Waals surface area contributed by atoms with Gasteiger partial charge in [-0.05, 0) is 12.1 Å². The van der Waals surface area contributed by atoms with E-state index < -0.39 is 0 Å². The molecule has 62 valence electrons. The van der Waals surface area contributed by atoms with Crippen molar-refractivity contribution in [3.63, 3.8) is 0 Å². The van der Waals surface area contributed by atoms with Gasteiger partial charge in [0.1, 0.15) is 0 Å². The number of nitrogens with zero attached hydrogens (tertiary/aromatic N) is 2. The molecule has 3 heterocycles. The Hall–Kier alpha value is -1.90. The summed E-state index contributed by atoms with van der Waals surface area (Å²) in [7, 11) is 0. The molecule has 0 aliphatic rings. The van der Waals surface area contributed by atoms with E-state index in [1.54, 1.807) is 6.20 Å². The average Bonchev–Trinajstić information content (AvgIpc) is 2.65. The van der Waals surface area contributed by atoms with E-state index in [9.17, 15) is 0 Å². The van der Waals surface area contributed by atoms with Crippen molar-refractivity contribution >= 4 is 21.9 Å². The molecule has 0 radical (unpaired) electrons. The number of pyridine rings is 2. The number of fused-ring (bicyclic) bond motifs is 3. The van der Waals surface area contributed by atoms with Gasteiger partial charge >= 0.3 is 0 Å². The van der Waals surface area contributed by atoms with Crippen LogP contribution in [-0.4, -0.2) is 15.0 Å². The smallest absolute Gasteiger partial charge is 0.159 e. The first-order valence-corrected chi connectivity index (χ1v) is 4.12. The van der Waals surface area contributed by atoms with E-state index in [1.807, 2.05) is 24.5 Å². The van der Waals surface area contributed by atoms with Crippen LogP contribution in [0.4, 0.5) is 0 Å². The van der Waals surface area contributed by atoms with Gasteiger partial charge in [0.05, 0.1) is 11.7 Å². The summed E-state index contributed by atoms with van der Waals surface area (Å²) in [6, 6.07) is 6.03. The second-order valence-electron chi connectivity index (χ2n) is 2.94. The predicted molar refractivity (Wildman–Crippen MR) is 51.4 cm³/mol. The zero-order chi connectivity index (χ0) is 8.67. The SMILES string of the molecule is c1c[nH]c2cnc3nccc3c2c1. The van der Waals surface area contributed by atoms with Crippen LogP contribution in [0.15, 0.2) is 36.8 Å². The molecule has 3 nitrogen and oxygen atoms in total. The quantitative estimate of drug-likeness (QED) is 0.560. The monoisotopic (exact) mass is 169 g/mol. The van der Waals surface area contributed by atoms with Gasteiger partial charge in [-0.15, -0.1) is 0 Å². The molecule has 1 N–H and O–H groups in total. The Kier molecular flexibility index (Phi) is 1.16. The van der Waals surface area contributed by atoms with E-state index in [-0.39, 0.29) is 0 Å². The molecule has 0 aliphatic heterocycles. The van der Waals surface area contributed by atoms with Gasteiger partial charge in [-0.3, -0.25) is 0 Å². The third kappa shape index (κ3) is 0.839. The first kappa shape index (κ1) is 6.60. The van der Waals surface area contributed by atoms with Crippen LogP contribution in [0.2, 0.25) is 0 Å². The van der Waals surface area contributed by atoms with Crippen molar-refractivity contribution in [2.75, 3.05) is 0 Å². The number of aromatic nitrogens is 3. The van der Waals surface area contributed by atoms with Gasteiger partial charge in [0.15, 0.2) is 5.65 Å². The third-order valence-corrected chi connectivity index (χ3v) is 2.17. The van der Waals surface area contributed by atoms with Gasteiger partial charge in [-0.25, -0.2) is 9.97 Å². The lowest BCUT2D eigenvalue weighted by Crippen LogP contribution is -1.81. The molecule has 3 heteroatoms. The molecule has 0 amide bonds. The standard InChI is InChI=1S/C10H7N3/c1-2-7-8-3-5-12-10(8)13-6-9(7)11-4-1/h1-6,11H. The van der Waals surface area contributed by atoms with Crippen LogP contribution in [0.3, 0.4) is 0 Å². The van der Waals surface area contributed by atoms with E-state index in [0.29, 0.717) is 0 Å². The molecular weight excluding hydrogens is 162 g/mol. The van der Waals surface area contributed by atoms with Gasteiger partial charge in [-0.2, -0.15) is 0 Å². The molecule has 0 fully saturated rings. The zero-order valence-corrected chi connectivity index (χ0v) is 6.86. The summed E-state index contributed by atoms with van der Waals surface area (Å²) in [5.41, 5.74) is 1.86. The Morgan fingerprint density at radius 1 is 1.08 bits per heavy atom. The van der Waals surface area contributed by atoms with Crippen LogP contribution in [-0.2, 0) is 0 Å². The Balaban J connectivity index is 2.65. The molecule has 0 saturated heterocycles. The fourth-order valence-electron chi connectivity index (χ4n) is 1.56. The molecule has 0 unspecified atom stereocenters. The van der Waals surface area contributed by atoms with E-state index >= 15 is 0 Å². The number of rotatable bonds is 0. The first-order valence-electron chi connectivity index (χ1n) is 4.12. The number of H-pyrrole nitrogens is 1. The lowest BCUT2D eigenvalue weighted by molar-refractivity contribution is 1.31. The second-order valence-corrected chi connectivity index (χ2v) is 2.94. The van der Waals surface area contributed by atoms with E-state index in [2.05, 4.69) is 21.0 Å². The third-order valence-electron chi connectivity index (χ3n) is 2.17. The fourth-order valence-corrected chi connectivity index (χ4v) is 1.56. The minimum Gasteiger partial charge on any atom is -0.360 e. The number of aromatic amines is 1. The van der Waals surface area contributed by atoms with Crippen molar-refractivity contribution in [3.8, 4) is 0 Å². The number of hydrogen-bond donors (Lipinski definition) is 1. The number of nitrogens with one attached hydrogen (secondary N) is 1. The second kappa shape index (κ2) is 2.29. The first-order chi connectivity index (χ1) is 6.45. The van der Waals surface area contributed by atoms with Crippen molar-refractivity contribution in [1.29, 1.82) is 0 Å². The molecule has 0 aliphatic carbocycles. The molecule has 0 saturated carbocycles. The van der Waals surface area contributed by atoms with Crippen molar-refractivity contribution < 1.29 is 0 Å². The summed E-state index contributed by atoms with van der Waals surface area (Å²) in [4.78, 5) is 11.5. The predicted octanol–water partition coefficient (Wildman–Crippen LogP) is 2.11. The Morgan fingerprint density at radius 2 is 2.08 bits per heavy atom. The average molecular weight is 169 g/mol. The zero-order valence-electron chi connectivity index (χ0n) is 6.86. The van der Waals surface area contributed by atoms with Crippen LogP contribution in [0, 0.1) is 0 Å². The molecule has 3 aromatic heterocycles. The normalized spacial score (nSPS) is 11.1. The number of hydrogen-bond acceptors (Lipinski definition) is 2. The van der Waals surface area contributed by atoms with Crippen LogP contribution in [0.5, 0.6) is 0 Å². The maximum absolute atomic E-state index is 4.23. The highest BCUT2D eigenvalue weighted by Crippen LogP contribution is 2.20. The molecule has 0 atom stereocenters. The summed E-state index contributed by atoms with van der Waals surface area (Å²) >= 11 is 0. The summed E-state index contributed by atoms with van der Waals surface area (Å²) in [6.45, 7) is 0. The van der Waals surface area contributed by atoms with E-state index in [4.69, 9.17) is 0 Å². The highest BCUT2D eigenvalue weighted by atomic mass is 14.8. The van der Waals surface area contributed by atoms with Crippen LogP contribution in [0.1, 0.15) is 0 Å². The van der Waals surface area contributed by atoms with Crippen molar-refractivity contribution in [1.82, 2.24) is 15.0 Å².